The van der Waals surface area contributed by atoms with Crippen LogP contribution in [0.15, 0.2) is 30.3 Å². The van der Waals surface area contributed by atoms with Gasteiger partial charge in [-0.25, -0.2) is 0 Å². The number of amides is 6. The highest BCUT2D eigenvalue weighted by atomic mass is 33.1. The van der Waals surface area contributed by atoms with E-state index in [1.54, 1.807) is 30.3 Å². The smallest absolute Gasteiger partial charge is 0.322 e. The van der Waals surface area contributed by atoms with E-state index in [1.807, 2.05) is 0 Å². The molecule has 0 aromatic heterocycles. The molecular formula is C25H32N6O10S2. The Morgan fingerprint density at radius 2 is 1.58 bits per heavy atom. The van der Waals surface area contributed by atoms with Crippen LogP contribution < -0.4 is 31.9 Å². The van der Waals surface area contributed by atoms with Gasteiger partial charge < -0.3 is 42.1 Å². The van der Waals surface area contributed by atoms with Crippen LogP contribution in [0.3, 0.4) is 0 Å². The number of carbonyl (C=O) groups is 8. The van der Waals surface area contributed by atoms with E-state index in [0.29, 0.717) is 5.56 Å². The normalized spacial score (nSPS) is 19.7. The Bertz CT molecular complexity index is 1200. The third kappa shape index (κ3) is 13.0. The van der Waals surface area contributed by atoms with E-state index in [0.717, 1.165) is 28.5 Å². The molecular weight excluding hydrogens is 608 g/mol. The number of carbonyl (C=O) groups excluding carboxylic acids is 6. The molecule has 1 aromatic carbocycles. The molecule has 8 N–H and O–H groups in total. The van der Waals surface area contributed by atoms with Crippen molar-refractivity contribution in [3.8, 4) is 0 Å². The molecule has 2 rings (SSSR count). The van der Waals surface area contributed by atoms with Crippen LogP contribution in [0.25, 0.3) is 0 Å². The van der Waals surface area contributed by atoms with Gasteiger partial charge in [0.15, 0.2) is 0 Å². The molecule has 0 radical (unpaired) electrons. The lowest BCUT2D eigenvalue weighted by molar-refractivity contribution is -0.141. The number of hydrogen-bond acceptors (Lipinski definition) is 10. The standard InChI is InChI=1S/C25H32N6O10S2/c1-13(32)28-16(8-20(34)35)24(40)31-18-12-43-42-11-17(22(38)27-9-19(33)26-10-21(36)37)30-23(39)15(29-25(18)41)7-14-5-3-2-4-6-14/h2-6,15-18H,7-12H2,1H3,(H,26,33)(H,27,38)(H,28,32)(H,29,41)(H,30,39)(H,31,40)(H,34,35)(H,36,37)/t15-,16-,17-,18-/m0/s1. The zero-order chi connectivity index (χ0) is 31.9. The molecule has 0 saturated carbocycles. The molecule has 0 unspecified atom stereocenters. The van der Waals surface area contributed by atoms with Crippen molar-refractivity contribution in [3.63, 3.8) is 0 Å². The highest BCUT2D eigenvalue weighted by Crippen LogP contribution is 2.24. The summed E-state index contributed by atoms with van der Waals surface area (Å²) < 4.78 is 0. The lowest BCUT2D eigenvalue weighted by Gasteiger charge is -2.25. The van der Waals surface area contributed by atoms with E-state index in [4.69, 9.17) is 10.2 Å². The van der Waals surface area contributed by atoms with Crippen molar-refractivity contribution in [2.75, 3.05) is 24.6 Å². The fourth-order valence-electron chi connectivity index (χ4n) is 3.63. The first-order valence-corrected chi connectivity index (χ1v) is 15.3. The molecule has 1 saturated heterocycles. The Morgan fingerprint density at radius 3 is 2.21 bits per heavy atom. The zero-order valence-electron chi connectivity index (χ0n) is 22.9. The van der Waals surface area contributed by atoms with Crippen LogP contribution in [-0.4, -0.2) is 106 Å². The highest BCUT2D eigenvalue weighted by molar-refractivity contribution is 8.76. The van der Waals surface area contributed by atoms with Crippen LogP contribution >= 0.6 is 21.6 Å². The Labute approximate surface area is 253 Å². The van der Waals surface area contributed by atoms with Crippen molar-refractivity contribution < 1.29 is 48.6 Å². The van der Waals surface area contributed by atoms with Crippen molar-refractivity contribution in [1.29, 1.82) is 0 Å². The minimum Gasteiger partial charge on any atom is -0.481 e. The predicted molar refractivity (Wildman–Crippen MR) is 154 cm³/mol. The molecule has 1 aliphatic heterocycles. The van der Waals surface area contributed by atoms with Gasteiger partial charge in [-0.3, -0.25) is 38.4 Å². The molecule has 16 nitrogen and oxygen atoms in total. The summed E-state index contributed by atoms with van der Waals surface area (Å²) >= 11 is 0. The maximum absolute atomic E-state index is 13.3. The Morgan fingerprint density at radius 1 is 0.907 bits per heavy atom. The van der Waals surface area contributed by atoms with Gasteiger partial charge in [0.25, 0.3) is 0 Å². The van der Waals surface area contributed by atoms with Crippen LogP contribution in [0.1, 0.15) is 18.9 Å². The summed E-state index contributed by atoms with van der Waals surface area (Å²) in [6.07, 6.45) is -0.718. The van der Waals surface area contributed by atoms with Crippen molar-refractivity contribution in [1.82, 2.24) is 31.9 Å². The van der Waals surface area contributed by atoms with E-state index in [-0.39, 0.29) is 17.9 Å². The zero-order valence-corrected chi connectivity index (χ0v) is 24.5. The minimum atomic E-state index is -1.46. The van der Waals surface area contributed by atoms with Gasteiger partial charge in [0, 0.05) is 24.9 Å². The van der Waals surface area contributed by atoms with E-state index >= 15 is 0 Å². The molecule has 6 amide bonds. The molecule has 43 heavy (non-hydrogen) atoms. The second-order valence-corrected chi connectivity index (χ2v) is 11.7. The predicted octanol–water partition coefficient (Wildman–Crippen LogP) is -2.63. The SMILES string of the molecule is CC(=O)N[C@@H](CC(=O)O)C(=O)N[C@H]1CSSC[C@@H](C(=O)NCC(=O)NCC(=O)O)NC(=O)[C@H](Cc2ccccc2)NC1=O. The average molecular weight is 641 g/mol. The van der Waals surface area contributed by atoms with Crippen LogP contribution in [0.4, 0.5) is 0 Å². The number of rotatable bonds is 12. The number of nitrogens with one attached hydrogen (secondary N) is 6. The second kappa shape index (κ2) is 17.6. The quantitative estimate of drug-likeness (QED) is 0.109. The van der Waals surface area contributed by atoms with Gasteiger partial charge >= 0.3 is 11.9 Å². The van der Waals surface area contributed by atoms with Gasteiger partial charge in [0.2, 0.25) is 35.4 Å². The maximum atomic E-state index is 13.3. The molecule has 0 aliphatic carbocycles. The number of carboxylic acids is 2. The lowest BCUT2D eigenvalue weighted by atomic mass is 10.0. The fourth-order valence-corrected chi connectivity index (χ4v) is 5.96. The summed E-state index contributed by atoms with van der Waals surface area (Å²) in [6.45, 7) is -0.0711. The van der Waals surface area contributed by atoms with Crippen molar-refractivity contribution in [3.05, 3.63) is 35.9 Å². The molecule has 0 spiro atoms. The monoisotopic (exact) mass is 640 g/mol. The summed E-state index contributed by atoms with van der Waals surface area (Å²) in [7, 11) is 2.16. The Hall–Kier alpha value is -4.32. The Balaban J connectivity index is 2.24. The van der Waals surface area contributed by atoms with Gasteiger partial charge in [0.1, 0.15) is 30.7 Å². The van der Waals surface area contributed by atoms with Crippen molar-refractivity contribution in [2.45, 2.75) is 43.9 Å². The molecule has 1 heterocycles. The summed E-state index contributed by atoms with van der Waals surface area (Å²) in [4.78, 5) is 97.5. The van der Waals surface area contributed by atoms with E-state index in [1.165, 1.54) is 0 Å². The van der Waals surface area contributed by atoms with E-state index in [2.05, 4.69) is 31.9 Å². The van der Waals surface area contributed by atoms with Gasteiger partial charge in [-0.2, -0.15) is 0 Å². The van der Waals surface area contributed by atoms with Crippen LogP contribution in [0.5, 0.6) is 0 Å². The van der Waals surface area contributed by atoms with Gasteiger partial charge in [-0.15, -0.1) is 0 Å². The van der Waals surface area contributed by atoms with Gasteiger partial charge in [-0.1, -0.05) is 51.9 Å². The molecule has 0 bridgehead atoms. The molecule has 18 heteroatoms. The van der Waals surface area contributed by atoms with Crippen LogP contribution in [0, 0.1) is 0 Å². The van der Waals surface area contributed by atoms with Crippen LogP contribution in [-0.2, 0) is 44.8 Å². The minimum absolute atomic E-state index is 0.0127. The van der Waals surface area contributed by atoms with Gasteiger partial charge in [0.05, 0.1) is 13.0 Å². The molecule has 1 aliphatic rings. The van der Waals surface area contributed by atoms with E-state index in [9.17, 15) is 38.4 Å². The largest absolute Gasteiger partial charge is 0.481 e. The highest BCUT2D eigenvalue weighted by Gasteiger charge is 2.33. The maximum Gasteiger partial charge on any atom is 0.322 e. The summed E-state index contributed by atoms with van der Waals surface area (Å²) in [5.74, 6) is -7.23. The lowest BCUT2D eigenvalue weighted by Crippen LogP contribution is -2.59. The summed E-state index contributed by atoms with van der Waals surface area (Å²) in [5, 5.41) is 32.1. The molecule has 1 aromatic rings. The first-order valence-electron chi connectivity index (χ1n) is 12.8. The molecule has 4 atom stereocenters. The molecule has 234 valence electrons. The number of hydrogen-bond donors (Lipinski definition) is 8. The van der Waals surface area contributed by atoms with Gasteiger partial charge in [-0.05, 0) is 5.56 Å². The third-order valence-electron chi connectivity index (χ3n) is 5.67. The van der Waals surface area contributed by atoms with Crippen molar-refractivity contribution in [2.24, 2.45) is 0 Å². The molecule has 1 fully saturated rings. The van der Waals surface area contributed by atoms with Crippen LogP contribution in [0.2, 0.25) is 0 Å². The third-order valence-corrected chi connectivity index (χ3v) is 8.09. The summed E-state index contributed by atoms with van der Waals surface area (Å²) in [5.41, 5.74) is 0.672. The number of benzene rings is 1. The number of carboxylic acid groups (broad SMARTS) is 2. The average Bonchev–Trinajstić information content (AvgIpc) is 2.96. The summed E-state index contributed by atoms with van der Waals surface area (Å²) in [6, 6.07) is 3.60. The Kier molecular flexibility index (Phi) is 14.3. The first-order chi connectivity index (χ1) is 20.3. The van der Waals surface area contributed by atoms with Crippen molar-refractivity contribution >= 4 is 69.0 Å². The fraction of sp³-hybridized carbons (Fsp3) is 0.440. The topological polar surface area (TPSA) is 249 Å². The first kappa shape index (κ1) is 34.9. The van der Waals surface area contributed by atoms with E-state index < -0.39 is 91.1 Å². The number of aliphatic carboxylic acids is 2. The second-order valence-electron chi connectivity index (χ2n) is 9.18.